The molecule has 28 heavy (non-hydrogen) atoms. The van der Waals surface area contributed by atoms with Crippen LogP contribution in [0.25, 0.3) is 0 Å². The molecule has 0 radical (unpaired) electrons. The zero-order valence-electron chi connectivity index (χ0n) is 15.6. The Labute approximate surface area is 160 Å². The van der Waals surface area contributed by atoms with Crippen LogP contribution < -0.4 is 0 Å². The highest BCUT2D eigenvalue weighted by atomic mass is 16.6. The van der Waals surface area contributed by atoms with Crippen molar-refractivity contribution < 1.29 is 35.4 Å². The van der Waals surface area contributed by atoms with Crippen LogP contribution >= 0.6 is 0 Å². The van der Waals surface area contributed by atoms with Gasteiger partial charge in [-0.15, -0.1) is 0 Å². The second-order valence-corrected chi connectivity index (χ2v) is 8.65. The molecule has 0 aliphatic carbocycles. The first-order valence-electron chi connectivity index (χ1n) is 8.96. The third-order valence-electron chi connectivity index (χ3n) is 7.22. The van der Waals surface area contributed by atoms with Gasteiger partial charge in [-0.1, -0.05) is 0 Å². The fourth-order valence-corrected chi connectivity index (χ4v) is 5.22. The van der Waals surface area contributed by atoms with Gasteiger partial charge in [-0.2, -0.15) is 0 Å². The van der Waals surface area contributed by atoms with E-state index in [1.807, 2.05) is 0 Å². The van der Waals surface area contributed by atoms with Crippen LogP contribution in [0.3, 0.4) is 0 Å². The normalized spacial score (nSPS) is 42.6. The van der Waals surface area contributed by atoms with Crippen LogP contribution in [0, 0.1) is 25.6 Å². The smallest absolute Gasteiger partial charge is 0.259 e. The molecule has 0 saturated carbocycles. The zero-order chi connectivity index (χ0) is 21.2. The van der Waals surface area contributed by atoms with E-state index in [0.29, 0.717) is 0 Å². The maximum atomic E-state index is 12.0. The van der Waals surface area contributed by atoms with Crippen molar-refractivity contribution >= 4 is 0 Å². The van der Waals surface area contributed by atoms with Crippen molar-refractivity contribution in [3.63, 3.8) is 0 Å². The highest BCUT2D eigenvalue weighted by Crippen LogP contribution is 2.56. The van der Waals surface area contributed by atoms with E-state index in [9.17, 15) is 40.7 Å². The topological polar surface area (TPSA) is 194 Å². The minimum absolute atomic E-state index is 0.161. The van der Waals surface area contributed by atoms with E-state index in [2.05, 4.69) is 0 Å². The summed E-state index contributed by atoms with van der Waals surface area (Å²) in [5, 5.41) is 73.2. The Morgan fingerprint density at radius 3 is 1.64 bits per heavy atom. The lowest BCUT2D eigenvalue weighted by atomic mass is 9.53. The number of hydrogen-bond acceptors (Lipinski definition) is 11. The maximum absolute atomic E-state index is 12.0. The summed E-state index contributed by atoms with van der Waals surface area (Å²) in [5.74, 6) is 0. The van der Waals surface area contributed by atoms with E-state index in [-0.39, 0.29) is 26.2 Å². The van der Waals surface area contributed by atoms with Gasteiger partial charge < -0.3 is 25.5 Å². The van der Waals surface area contributed by atoms with Gasteiger partial charge in [-0.05, 0) is 13.8 Å². The number of nitro groups is 2. The summed E-state index contributed by atoms with van der Waals surface area (Å²) < 4.78 is 0. The fourth-order valence-electron chi connectivity index (χ4n) is 5.22. The molecule has 5 N–H and O–H groups in total. The molecule has 4 heterocycles. The van der Waals surface area contributed by atoms with Gasteiger partial charge in [-0.3, -0.25) is 30.0 Å². The predicted molar refractivity (Wildman–Crippen MR) is 91.3 cm³/mol. The molecular formula is C15H26N4O9. The Morgan fingerprint density at radius 2 is 1.32 bits per heavy atom. The Balaban J connectivity index is 1.97. The summed E-state index contributed by atoms with van der Waals surface area (Å²) in [7, 11) is 0. The maximum Gasteiger partial charge on any atom is 0.259 e. The Bertz CT molecular complexity index is 622. The number of rotatable bonds is 7. The summed E-state index contributed by atoms with van der Waals surface area (Å²) in [5.41, 5.74) is -4.54. The molecule has 13 nitrogen and oxygen atoms in total. The zero-order valence-corrected chi connectivity index (χ0v) is 15.6. The third-order valence-corrected chi connectivity index (χ3v) is 7.22. The first-order chi connectivity index (χ1) is 12.9. The first kappa shape index (κ1) is 21.2. The Hall–Kier alpha value is -1.48. The first-order valence-corrected chi connectivity index (χ1v) is 8.96. The van der Waals surface area contributed by atoms with Crippen molar-refractivity contribution in [2.24, 2.45) is 5.41 Å². The molecule has 4 rings (SSSR count). The molecule has 4 fully saturated rings. The van der Waals surface area contributed by atoms with Crippen LogP contribution in [-0.2, 0) is 0 Å². The van der Waals surface area contributed by atoms with Gasteiger partial charge in [0.2, 0.25) is 0 Å². The van der Waals surface area contributed by atoms with Crippen LogP contribution in [0.1, 0.15) is 13.8 Å². The summed E-state index contributed by atoms with van der Waals surface area (Å²) in [4.78, 5) is 25.8. The van der Waals surface area contributed by atoms with Crippen molar-refractivity contribution in [3.05, 3.63) is 20.2 Å². The lowest BCUT2D eigenvalue weighted by Crippen LogP contribution is -2.91. The van der Waals surface area contributed by atoms with E-state index in [1.165, 1.54) is 23.6 Å². The molecule has 0 aromatic rings. The van der Waals surface area contributed by atoms with Crippen LogP contribution in [-0.4, -0.2) is 120 Å². The van der Waals surface area contributed by atoms with Gasteiger partial charge in [0.05, 0.1) is 39.0 Å². The number of nitrogens with zero attached hydrogens (tertiary/aromatic N) is 4. The van der Waals surface area contributed by atoms with Crippen LogP contribution in [0.4, 0.5) is 0 Å². The van der Waals surface area contributed by atoms with Gasteiger partial charge in [0.25, 0.3) is 11.1 Å². The summed E-state index contributed by atoms with van der Waals surface area (Å²) in [6.07, 6.45) is -8.10. The van der Waals surface area contributed by atoms with Crippen molar-refractivity contribution in [2.75, 3.05) is 32.8 Å². The lowest BCUT2D eigenvalue weighted by molar-refractivity contribution is -0.679. The van der Waals surface area contributed by atoms with E-state index in [0.717, 1.165) is 0 Å². The van der Waals surface area contributed by atoms with Crippen LogP contribution in [0.15, 0.2) is 0 Å². The highest BCUT2D eigenvalue weighted by molar-refractivity contribution is 5.22. The number of piperidine rings is 2. The average molecular weight is 406 g/mol. The molecule has 0 aromatic heterocycles. The molecule has 13 heteroatoms. The highest BCUT2D eigenvalue weighted by Gasteiger charge is 2.82. The van der Waals surface area contributed by atoms with E-state index < -0.39 is 63.5 Å². The molecule has 4 aliphatic heterocycles. The molecule has 4 saturated heterocycles. The second-order valence-electron chi connectivity index (χ2n) is 8.65. The molecule has 0 spiro atoms. The van der Waals surface area contributed by atoms with Gasteiger partial charge in [0, 0.05) is 9.85 Å². The monoisotopic (exact) mass is 406 g/mol. The molecular weight excluding hydrogens is 380 g/mol. The lowest BCUT2D eigenvalue weighted by Gasteiger charge is -2.66. The minimum Gasteiger partial charge on any atom is -0.394 e. The molecule has 160 valence electrons. The van der Waals surface area contributed by atoms with Gasteiger partial charge in [-0.25, -0.2) is 0 Å². The third kappa shape index (κ3) is 2.44. The van der Waals surface area contributed by atoms with Gasteiger partial charge in [0.15, 0.2) is 0 Å². The number of aliphatic hydroxyl groups is 5. The van der Waals surface area contributed by atoms with Crippen molar-refractivity contribution in [1.29, 1.82) is 0 Å². The van der Waals surface area contributed by atoms with E-state index >= 15 is 0 Å². The minimum atomic E-state index is -1.87. The molecule has 0 aromatic carbocycles. The summed E-state index contributed by atoms with van der Waals surface area (Å²) in [6.45, 7) is 1.57. The molecule has 0 amide bonds. The predicted octanol–water partition coefficient (Wildman–Crippen LogP) is -3.55. The average Bonchev–Trinajstić information content (AvgIpc) is 2.62. The second kappa shape index (κ2) is 6.52. The number of aliphatic hydroxyl groups excluding tert-OH is 5. The molecule has 4 atom stereocenters. The van der Waals surface area contributed by atoms with Crippen molar-refractivity contribution in [1.82, 2.24) is 9.80 Å². The summed E-state index contributed by atoms with van der Waals surface area (Å²) >= 11 is 0. The standard InChI is InChI=1S/C15H26N4O9/c1-13(2)14(18(25)26)4-16-6-15(13,19(27)28)7-17(5-14)12(16)11(24)10(23)9(22)8(21)3-20/h8-12,20-24H,3-7H2,1-2H3/t8-,9-,10-,11-,12?,14?,15?/m0/s1. The van der Waals surface area contributed by atoms with E-state index in [4.69, 9.17) is 5.11 Å². The summed E-state index contributed by atoms with van der Waals surface area (Å²) in [6, 6.07) is 0. The fraction of sp³-hybridized carbons (Fsp3) is 1.00. The molecule has 4 aliphatic rings. The molecule has 0 unspecified atom stereocenters. The number of hydrogen-bond donors (Lipinski definition) is 5. The van der Waals surface area contributed by atoms with Crippen LogP contribution in [0.2, 0.25) is 0 Å². The quantitative estimate of drug-likeness (QED) is 0.207. The Kier molecular flexibility index (Phi) is 4.94. The van der Waals surface area contributed by atoms with E-state index in [1.54, 1.807) is 0 Å². The van der Waals surface area contributed by atoms with Crippen molar-refractivity contribution in [3.8, 4) is 0 Å². The molecule has 4 bridgehead atoms. The van der Waals surface area contributed by atoms with Gasteiger partial charge in [0.1, 0.15) is 29.8 Å². The van der Waals surface area contributed by atoms with Crippen LogP contribution in [0.5, 0.6) is 0 Å². The largest absolute Gasteiger partial charge is 0.394 e. The SMILES string of the molecule is CC1(C)C2([N+](=O)[O-])CN3CC1([N+](=O)[O-])CN(C2)C3[C@@H](O)[C@@H](O)[C@@H](O)[C@@H](O)CO. The van der Waals surface area contributed by atoms with Gasteiger partial charge >= 0.3 is 0 Å². The van der Waals surface area contributed by atoms with Crippen molar-refractivity contribution in [2.45, 2.75) is 55.5 Å². The Morgan fingerprint density at radius 1 is 0.929 bits per heavy atom.